The molecule has 0 saturated carbocycles. The summed E-state index contributed by atoms with van der Waals surface area (Å²) < 4.78 is 32.4. The number of rotatable bonds is 9. The second kappa shape index (κ2) is 11.0. The zero-order chi connectivity index (χ0) is 25.8. The van der Waals surface area contributed by atoms with Gasteiger partial charge in [0, 0.05) is 5.56 Å². The van der Waals surface area contributed by atoms with E-state index < -0.39 is 10.0 Å². The fourth-order valence-electron chi connectivity index (χ4n) is 3.86. The summed E-state index contributed by atoms with van der Waals surface area (Å²) in [7, 11) is -3.50. The van der Waals surface area contributed by atoms with Crippen LogP contribution < -0.4 is 14.4 Å². The van der Waals surface area contributed by atoms with Gasteiger partial charge in [0.25, 0.3) is 5.91 Å². The molecule has 7 heteroatoms. The Labute approximate surface area is 209 Å². The second-order valence-electron chi connectivity index (χ2n) is 9.14. The van der Waals surface area contributed by atoms with Crippen LogP contribution in [0.3, 0.4) is 0 Å². The number of hydrogen-bond donors (Lipinski definition) is 1. The first-order chi connectivity index (χ1) is 16.5. The smallest absolute Gasteiger partial charge is 0.251 e. The van der Waals surface area contributed by atoms with Crippen LogP contribution in [0.5, 0.6) is 5.75 Å². The molecule has 0 aromatic heterocycles. The molecule has 0 radical (unpaired) electrons. The van der Waals surface area contributed by atoms with Gasteiger partial charge in [0.2, 0.25) is 10.0 Å². The zero-order valence-corrected chi connectivity index (χ0v) is 22.1. The van der Waals surface area contributed by atoms with E-state index in [1.165, 1.54) is 16.1 Å². The molecule has 35 heavy (non-hydrogen) atoms. The van der Waals surface area contributed by atoms with Crippen molar-refractivity contribution in [3.8, 4) is 5.75 Å². The number of anilines is 1. The molecule has 0 saturated heterocycles. The Morgan fingerprint density at radius 3 is 2.11 bits per heavy atom. The van der Waals surface area contributed by atoms with Gasteiger partial charge < -0.3 is 10.1 Å². The van der Waals surface area contributed by atoms with Gasteiger partial charge in [-0.1, -0.05) is 36.4 Å². The van der Waals surface area contributed by atoms with Gasteiger partial charge in [-0.15, -0.1) is 0 Å². The average molecular weight is 495 g/mol. The molecule has 3 aromatic carbocycles. The van der Waals surface area contributed by atoms with E-state index in [-0.39, 0.29) is 18.5 Å². The van der Waals surface area contributed by atoms with E-state index in [2.05, 4.69) is 12.2 Å². The molecule has 0 heterocycles. The number of aryl methyl sites for hydroxylation is 4. The third-order valence-electron chi connectivity index (χ3n) is 5.99. The fourth-order valence-corrected chi connectivity index (χ4v) is 4.87. The summed E-state index contributed by atoms with van der Waals surface area (Å²) >= 11 is 0. The third-order valence-corrected chi connectivity index (χ3v) is 7.10. The van der Waals surface area contributed by atoms with E-state index in [9.17, 15) is 13.2 Å². The lowest BCUT2D eigenvalue weighted by Crippen LogP contribution is -2.36. The molecule has 6 nitrogen and oxygen atoms in total. The summed E-state index contributed by atoms with van der Waals surface area (Å²) in [4.78, 5) is 12.7. The Morgan fingerprint density at radius 2 is 1.54 bits per heavy atom. The lowest BCUT2D eigenvalue weighted by molar-refractivity contribution is 0.0926. The van der Waals surface area contributed by atoms with Gasteiger partial charge in [-0.2, -0.15) is 0 Å². The van der Waals surface area contributed by atoms with E-state index in [0.29, 0.717) is 17.9 Å². The zero-order valence-electron chi connectivity index (χ0n) is 21.3. The number of para-hydroxylation sites is 1. The molecule has 0 aliphatic heterocycles. The Hall–Kier alpha value is -3.32. The number of carbonyl (C=O) groups excluding carboxylic acids is 1. The lowest BCUT2D eigenvalue weighted by atomic mass is 10.1. The van der Waals surface area contributed by atoms with E-state index in [0.717, 1.165) is 28.0 Å². The standard InChI is InChI=1S/C28H34N2O4S/c1-19-10-15-26(16-22(19)4)34-18-23(5)29-28(31)25-13-11-24(12-14-25)17-30(35(6,32)33)27-20(2)8-7-9-21(27)3/h7-16,23H,17-18H2,1-6H3,(H,29,31). The molecule has 0 bridgehead atoms. The highest BCUT2D eigenvalue weighted by Gasteiger charge is 2.21. The molecule has 1 unspecified atom stereocenters. The van der Waals surface area contributed by atoms with E-state index >= 15 is 0 Å². The molecule has 3 rings (SSSR count). The van der Waals surface area contributed by atoms with Crippen LogP contribution in [0.2, 0.25) is 0 Å². The van der Waals surface area contributed by atoms with Crippen molar-refractivity contribution in [2.45, 2.75) is 47.2 Å². The summed E-state index contributed by atoms with van der Waals surface area (Å²) in [5.41, 5.74) is 6.13. The number of carbonyl (C=O) groups is 1. The summed E-state index contributed by atoms with van der Waals surface area (Å²) in [6.07, 6.45) is 1.21. The monoisotopic (exact) mass is 494 g/mol. The van der Waals surface area contributed by atoms with Crippen LogP contribution in [0, 0.1) is 27.7 Å². The van der Waals surface area contributed by atoms with Crippen molar-refractivity contribution < 1.29 is 17.9 Å². The summed E-state index contributed by atoms with van der Waals surface area (Å²) in [5.74, 6) is 0.570. The molecule has 3 aromatic rings. The maximum atomic E-state index is 12.7. The second-order valence-corrected chi connectivity index (χ2v) is 11.0. The minimum atomic E-state index is -3.50. The fraction of sp³-hybridized carbons (Fsp3) is 0.321. The Kier molecular flexibility index (Phi) is 8.22. The molecule has 0 spiro atoms. The highest BCUT2D eigenvalue weighted by molar-refractivity contribution is 7.92. The van der Waals surface area contributed by atoms with E-state index in [4.69, 9.17) is 4.74 Å². The normalized spacial score (nSPS) is 12.2. The van der Waals surface area contributed by atoms with Gasteiger partial charge in [0.05, 0.1) is 24.5 Å². The molecule has 1 atom stereocenters. The summed E-state index contributed by atoms with van der Waals surface area (Å²) in [6, 6.07) is 18.5. The van der Waals surface area contributed by atoms with Crippen molar-refractivity contribution in [1.82, 2.24) is 5.32 Å². The van der Waals surface area contributed by atoms with E-state index in [1.807, 2.05) is 64.1 Å². The van der Waals surface area contributed by atoms with Crippen LogP contribution in [0.25, 0.3) is 0 Å². The van der Waals surface area contributed by atoms with Crippen LogP contribution in [0.1, 0.15) is 45.1 Å². The minimum Gasteiger partial charge on any atom is -0.491 e. The van der Waals surface area contributed by atoms with Gasteiger partial charge in [0.15, 0.2) is 0 Å². The number of benzene rings is 3. The first-order valence-electron chi connectivity index (χ1n) is 11.6. The van der Waals surface area contributed by atoms with Crippen molar-refractivity contribution in [3.05, 3.63) is 94.0 Å². The Balaban J connectivity index is 1.65. The molecule has 0 aliphatic rings. The van der Waals surface area contributed by atoms with Gasteiger partial charge >= 0.3 is 0 Å². The summed E-state index contributed by atoms with van der Waals surface area (Å²) in [5, 5.41) is 2.95. The van der Waals surface area contributed by atoms with Crippen molar-refractivity contribution in [3.63, 3.8) is 0 Å². The van der Waals surface area contributed by atoms with Crippen LogP contribution in [-0.2, 0) is 16.6 Å². The molecular formula is C28H34N2O4S. The van der Waals surface area contributed by atoms with Crippen LogP contribution >= 0.6 is 0 Å². The molecular weight excluding hydrogens is 460 g/mol. The topological polar surface area (TPSA) is 75.7 Å². The summed E-state index contributed by atoms with van der Waals surface area (Å²) in [6.45, 7) is 10.3. The first kappa shape index (κ1) is 26.3. The largest absolute Gasteiger partial charge is 0.491 e. The number of hydrogen-bond acceptors (Lipinski definition) is 4. The maximum absolute atomic E-state index is 12.7. The van der Waals surface area contributed by atoms with Crippen LogP contribution in [0.15, 0.2) is 60.7 Å². The van der Waals surface area contributed by atoms with Crippen molar-refractivity contribution in [1.29, 1.82) is 0 Å². The van der Waals surface area contributed by atoms with E-state index in [1.54, 1.807) is 24.3 Å². The minimum absolute atomic E-state index is 0.187. The average Bonchev–Trinajstić information content (AvgIpc) is 2.79. The predicted octanol–water partition coefficient (Wildman–Crippen LogP) is 5.08. The van der Waals surface area contributed by atoms with Crippen LogP contribution in [0.4, 0.5) is 5.69 Å². The number of nitrogens with zero attached hydrogens (tertiary/aromatic N) is 1. The van der Waals surface area contributed by atoms with Crippen molar-refractivity contribution in [2.75, 3.05) is 17.2 Å². The lowest BCUT2D eigenvalue weighted by Gasteiger charge is -2.26. The third kappa shape index (κ3) is 6.85. The first-order valence-corrected chi connectivity index (χ1v) is 13.4. The number of nitrogens with one attached hydrogen (secondary N) is 1. The van der Waals surface area contributed by atoms with Crippen molar-refractivity contribution in [2.24, 2.45) is 0 Å². The Morgan fingerprint density at radius 1 is 0.914 bits per heavy atom. The highest BCUT2D eigenvalue weighted by Crippen LogP contribution is 2.28. The van der Waals surface area contributed by atoms with Crippen LogP contribution in [-0.4, -0.2) is 33.2 Å². The van der Waals surface area contributed by atoms with Gasteiger partial charge in [0.1, 0.15) is 12.4 Å². The Bertz CT molecular complexity index is 1280. The quantitative estimate of drug-likeness (QED) is 0.450. The highest BCUT2D eigenvalue weighted by atomic mass is 32.2. The van der Waals surface area contributed by atoms with Gasteiger partial charge in [-0.3, -0.25) is 9.10 Å². The number of amides is 1. The number of ether oxygens (including phenoxy) is 1. The van der Waals surface area contributed by atoms with Gasteiger partial charge in [-0.05, 0) is 86.7 Å². The van der Waals surface area contributed by atoms with Crippen molar-refractivity contribution >= 4 is 21.6 Å². The molecule has 0 aliphatic carbocycles. The molecule has 1 amide bonds. The molecule has 186 valence electrons. The maximum Gasteiger partial charge on any atom is 0.251 e. The SMILES string of the molecule is Cc1ccc(OCC(C)NC(=O)c2ccc(CN(c3c(C)cccc3C)S(C)(=O)=O)cc2)cc1C. The molecule has 0 fully saturated rings. The number of sulfonamides is 1. The van der Waals surface area contributed by atoms with Gasteiger partial charge in [-0.25, -0.2) is 8.42 Å². The predicted molar refractivity (Wildman–Crippen MR) is 142 cm³/mol. The molecule has 1 N–H and O–H groups in total.